The second-order valence-corrected chi connectivity index (χ2v) is 3.52. The predicted molar refractivity (Wildman–Crippen MR) is 51.7 cm³/mol. The van der Waals surface area contributed by atoms with Gasteiger partial charge < -0.3 is 9.78 Å². The van der Waals surface area contributed by atoms with E-state index in [2.05, 4.69) is 9.97 Å². The first kappa shape index (κ1) is 8.19. The van der Waals surface area contributed by atoms with Crippen LogP contribution in [0.4, 0.5) is 0 Å². The van der Waals surface area contributed by atoms with Gasteiger partial charge in [-0.2, -0.15) is 0 Å². The summed E-state index contributed by atoms with van der Waals surface area (Å²) in [7, 11) is 0. The van der Waals surface area contributed by atoms with Crippen LogP contribution in [0.1, 0.15) is 5.01 Å². The maximum Gasteiger partial charge on any atom is 0.126 e. The van der Waals surface area contributed by atoms with Gasteiger partial charge >= 0.3 is 0 Å². The van der Waals surface area contributed by atoms with Crippen molar-refractivity contribution in [2.24, 2.45) is 0 Å². The van der Waals surface area contributed by atoms with Gasteiger partial charge in [0.15, 0.2) is 0 Å². The van der Waals surface area contributed by atoms with Gasteiger partial charge in [0, 0.05) is 11.6 Å². The molecule has 2 rings (SSSR count). The maximum atomic E-state index is 10.2. The third-order valence-electron chi connectivity index (χ3n) is 1.68. The lowest BCUT2D eigenvalue weighted by Gasteiger charge is -1.87. The van der Waals surface area contributed by atoms with Crippen LogP contribution in [0, 0.1) is 0 Å². The largest absolute Gasteiger partial charge is 0.360 e. The van der Waals surface area contributed by atoms with Crippen LogP contribution >= 0.6 is 11.3 Å². The SMILES string of the molecule is O=CCc1nc(-c2ccc[nH]2)cs1. The molecule has 13 heavy (non-hydrogen) atoms. The third kappa shape index (κ3) is 1.67. The molecule has 0 radical (unpaired) electrons. The quantitative estimate of drug-likeness (QED) is 0.755. The van der Waals surface area contributed by atoms with Crippen molar-refractivity contribution in [2.45, 2.75) is 6.42 Å². The van der Waals surface area contributed by atoms with E-state index in [1.807, 2.05) is 23.7 Å². The van der Waals surface area contributed by atoms with Gasteiger partial charge in [-0.1, -0.05) is 0 Å². The van der Waals surface area contributed by atoms with E-state index in [0.717, 1.165) is 22.7 Å². The molecule has 0 amide bonds. The molecule has 1 N–H and O–H groups in total. The first-order valence-corrected chi connectivity index (χ1v) is 4.80. The number of aldehydes is 1. The summed E-state index contributed by atoms with van der Waals surface area (Å²) in [6.07, 6.45) is 3.14. The van der Waals surface area contributed by atoms with Crippen LogP contribution in [0.2, 0.25) is 0 Å². The van der Waals surface area contributed by atoms with Crippen LogP contribution in [0.15, 0.2) is 23.7 Å². The monoisotopic (exact) mass is 192 g/mol. The number of rotatable bonds is 3. The predicted octanol–water partition coefficient (Wildman–Crippen LogP) is 1.88. The summed E-state index contributed by atoms with van der Waals surface area (Å²) in [6, 6.07) is 3.88. The van der Waals surface area contributed by atoms with E-state index in [4.69, 9.17) is 0 Å². The highest BCUT2D eigenvalue weighted by atomic mass is 32.1. The van der Waals surface area contributed by atoms with Crippen molar-refractivity contribution in [3.8, 4) is 11.4 Å². The molecule has 2 aromatic rings. The number of nitrogens with zero attached hydrogens (tertiary/aromatic N) is 1. The number of hydrogen-bond donors (Lipinski definition) is 1. The molecule has 0 unspecified atom stereocenters. The third-order valence-corrected chi connectivity index (χ3v) is 2.55. The second-order valence-electron chi connectivity index (χ2n) is 2.58. The average Bonchev–Trinajstić information content (AvgIpc) is 2.70. The topological polar surface area (TPSA) is 45.8 Å². The van der Waals surface area contributed by atoms with Crippen LogP contribution in [-0.2, 0) is 11.2 Å². The van der Waals surface area contributed by atoms with E-state index in [9.17, 15) is 4.79 Å². The first-order chi connectivity index (χ1) is 6.40. The zero-order valence-electron chi connectivity index (χ0n) is 6.86. The van der Waals surface area contributed by atoms with E-state index in [1.165, 1.54) is 11.3 Å². The van der Waals surface area contributed by atoms with Crippen molar-refractivity contribution in [3.63, 3.8) is 0 Å². The Morgan fingerprint density at radius 2 is 2.54 bits per heavy atom. The minimum atomic E-state index is 0.408. The van der Waals surface area contributed by atoms with Crippen molar-refractivity contribution in [2.75, 3.05) is 0 Å². The minimum Gasteiger partial charge on any atom is -0.360 e. The number of hydrogen-bond acceptors (Lipinski definition) is 3. The molecule has 66 valence electrons. The van der Waals surface area contributed by atoms with E-state index in [-0.39, 0.29) is 0 Å². The highest BCUT2D eigenvalue weighted by molar-refractivity contribution is 7.10. The molecule has 0 aliphatic heterocycles. The summed E-state index contributed by atoms with van der Waals surface area (Å²) < 4.78 is 0. The van der Waals surface area contributed by atoms with E-state index >= 15 is 0 Å². The number of aromatic nitrogens is 2. The van der Waals surface area contributed by atoms with Gasteiger partial charge in [-0.25, -0.2) is 4.98 Å². The van der Waals surface area contributed by atoms with Crippen molar-refractivity contribution < 1.29 is 4.79 Å². The Kier molecular flexibility index (Phi) is 2.23. The summed E-state index contributed by atoms with van der Waals surface area (Å²) in [5.41, 5.74) is 1.90. The minimum absolute atomic E-state index is 0.408. The lowest BCUT2D eigenvalue weighted by Crippen LogP contribution is -1.84. The van der Waals surface area contributed by atoms with Crippen LogP contribution in [0.5, 0.6) is 0 Å². The smallest absolute Gasteiger partial charge is 0.126 e. The summed E-state index contributed by atoms with van der Waals surface area (Å²) >= 11 is 1.51. The Balaban J connectivity index is 2.28. The Morgan fingerprint density at radius 3 is 3.23 bits per heavy atom. The van der Waals surface area contributed by atoms with E-state index in [1.54, 1.807) is 0 Å². The van der Waals surface area contributed by atoms with Crippen LogP contribution in [0.3, 0.4) is 0 Å². The molecule has 0 aliphatic rings. The molecule has 0 saturated carbocycles. The summed E-state index contributed by atoms with van der Waals surface area (Å²) in [4.78, 5) is 17.6. The normalized spacial score (nSPS) is 10.2. The molecule has 0 atom stereocenters. The highest BCUT2D eigenvalue weighted by Crippen LogP contribution is 2.19. The Hall–Kier alpha value is -1.42. The molecule has 3 nitrogen and oxygen atoms in total. The Morgan fingerprint density at radius 1 is 1.62 bits per heavy atom. The number of nitrogens with one attached hydrogen (secondary N) is 1. The lowest BCUT2D eigenvalue weighted by atomic mass is 10.3. The fraction of sp³-hybridized carbons (Fsp3) is 0.111. The van der Waals surface area contributed by atoms with E-state index < -0.39 is 0 Å². The zero-order valence-corrected chi connectivity index (χ0v) is 7.67. The molecule has 0 saturated heterocycles. The fourth-order valence-corrected chi connectivity index (χ4v) is 1.83. The molecule has 0 aliphatic carbocycles. The summed E-state index contributed by atoms with van der Waals surface area (Å²) in [6.45, 7) is 0. The number of aromatic amines is 1. The number of carbonyl (C=O) groups is 1. The number of thiazole rings is 1. The fourth-order valence-electron chi connectivity index (χ4n) is 1.09. The van der Waals surface area contributed by atoms with Crippen molar-refractivity contribution in [1.82, 2.24) is 9.97 Å². The standard InChI is InChI=1S/C9H8N2OS/c12-5-3-9-11-8(6-13-9)7-2-1-4-10-7/h1-2,4-6,10H,3H2. The van der Waals surface area contributed by atoms with Gasteiger partial charge in [0.25, 0.3) is 0 Å². The van der Waals surface area contributed by atoms with Crippen LogP contribution in [-0.4, -0.2) is 16.3 Å². The Labute approximate surface area is 79.4 Å². The molecule has 0 aromatic carbocycles. The molecular formula is C9H8N2OS. The molecule has 0 spiro atoms. The second kappa shape index (κ2) is 3.53. The summed E-state index contributed by atoms with van der Waals surface area (Å²) in [5.74, 6) is 0. The number of carbonyl (C=O) groups excluding carboxylic acids is 1. The molecule has 0 bridgehead atoms. The zero-order chi connectivity index (χ0) is 9.10. The molecule has 2 aromatic heterocycles. The molecule has 0 fully saturated rings. The highest BCUT2D eigenvalue weighted by Gasteiger charge is 2.03. The molecule has 4 heteroatoms. The van der Waals surface area contributed by atoms with Gasteiger partial charge in [0.1, 0.15) is 11.3 Å². The van der Waals surface area contributed by atoms with Gasteiger partial charge in [0.2, 0.25) is 0 Å². The van der Waals surface area contributed by atoms with Crippen LogP contribution in [0.25, 0.3) is 11.4 Å². The van der Waals surface area contributed by atoms with Gasteiger partial charge in [0.05, 0.1) is 17.8 Å². The van der Waals surface area contributed by atoms with Gasteiger partial charge in [-0.05, 0) is 12.1 Å². The van der Waals surface area contributed by atoms with Crippen molar-refractivity contribution >= 4 is 17.6 Å². The van der Waals surface area contributed by atoms with Gasteiger partial charge in [-0.15, -0.1) is 11.3 Å². The van der Waals surface area contributed by atoms with Crippen LogP contribution < -0.4 is 0 Å². The van der Waals surface area contributed by atoms with Gasteiger partial charge in [-0.3, -0.25) is 0 Å². The number of H-pyrrole nitrogens is 1. The lowest BCUT2D eigenvalue weighted by molar-refractivity contribution is -0.107. The average molecular weight is 192 g/mol. The first-order valence-electron chi connectivity index (χ1n) is 3.92. The molecule has 2 heterocycles. The maximum absolute atomic E-state index is 10.2. The molecular weight excluding hydrogens is 184 g/mol. The summed E-state index contributed by atoms with van der Waals surface area (Å²) in [5, 5.41) is 2.81. The van der Waals surface area contributed by atoms with E-state index in [0.29, 0.717) is 6.42 Å². The van der Waals surface area contributed by atoms with Crippen molar-refractivity contribution in [1.29, 1.82) is 0 Å². The van der Waals surface area contributed by atoms with Crippen molar-refractivity contribution in [3.05, 3.63) is 28.7 Å². The Bertz CT molecular complexity index is 391.